The number of carbonyl (C=O) groups is 2. The first-order valence-corrected chi connectivity index (χ1v) is 9.03. The molecule has 1 aromatic carbocycles. The molecule has 0 saturated carbocycles. The Morgan fingerprint density at radius 1 is 1.14 bits per heavy atom. The fourth-order valence-corrected chi connectivity index (χ4v) is 3.06. The lowest BCUT2D eigenvalue weighted by atomic mass is 9.91. The fourth-order valence-electron chi connectivity index (χ4n) is 3.06. The summed E-state index contributed by atoms with van der Waals surface area (Å²) in [6.07, 6.45) is -0.0622. The van der Waals surface area contributed by atoms with Gasteiger partial charge in [-0.3, -0.25) is 9.59 Å². The summed E-state index contributed by atoms with van der Waals surface area (Å²) in [5.74, 6) is -4.35. The predicted molar refractivity (Wildman–Crippen MR) is 104 cm³/mol. The molecule has 0 bridgehead atoms. The number of hydrogen-bond acceptors (Lipinski definition) is 2. The molecule has 1 heterocycles. The van der Waals surface area contributed by atoms with Crippen molar-refractivity contribution in [1.82, 2.24) is 4.57 Å². The van der Waals surface area contributed by atoms with Crippen LogP contribution in [0.5, 0.6) is 0 Å². The number of halogens is 2. The van der Waals surface area contributed by atoms with E-state index in [1.165, 1.54) is 18.2 Å². The smallest absolute Gasteiger partial charge is 0.305 e. The van der Waals surface area contributed by atoms with E-state index in [4.69, 9.17) is 5.11 Å². The number of benzene rings is 1. The molecule has 0 aliphatic rings. The van der Waals surface area contributed by atoms with Crippen LogP contribution in [0, 0.1) is 6.92 Å². The quantitative estimate of drug-likeness (QED) is 0.732. The number of aliphatic carboxylic acids is 1. The largest absolute Gasteiger partial charge is 0.481 e. The molecule has 0 unspecified atom stereocenters. The molecule has 5 nitrogen and oxygen atoms in total. The van der Waals surface area contributed by atoms with E-state index < -0.39 is 17.8 Å². The summed E-state index contributed by atoms with van der Waals surface area (Å²) in [5.41, 5.74) is 1.66. The Balaban J connectivity index is 2.37. The third kappa shape index (κ3) is 4.97. The van der Waals surface area contributed by atoms with E-state index in [1.54, 1.807) is 19.1 Å². The second-order valence-corrected chi connectivity index (χ2v) is 8.00. The summed E-state index contributed by atoms with van der Waals surface area (Å²) in [6, 6.07) is 7.31. The Morgan fingerprint density at radius 3 is 2.32 bits per heavy atom. The molecule has 7 heteroatoms. The van der Waals surface area contributed by atoms with Gasteiger partial charge < -0.3 is 15.0 Å². The van der Waals surface area contributed by atoms with Gasteiger partial charge in [0.25, 0.3) is 11.8 Å². The van der Waals surface area contributed by atoms with Crippen molar-refractivity contribution in [2.45, 2.75) is 58.9 Å². The average molecular weight is 392 g/mol. The van der Waals surface area contributed by atoms with Crippen LogP contribution in [-0.2, 0) is 22.7 Å². The fraction of sp³-hybridized carbons (Fsp3) is 0.429. The van der Waals surface area contributed by atoms with Gasteiger partial charge in [0.15, 0.2) is 0 Å². The van der Waals surface area contributed by atoms with Crippen LogP contribution in [0.15, 0.2) is 30.3 Å². The Hall–Kier alpha value is -2.70. The van der Waals surface area contributed by atoms with E-state index in [1.807, 2.05) is 25.3 Å². The van der Waals surface area contributed by atoms with Crippen LogP contribution in [0.25, 0.3) is 0 Å². The number of rotatable bonds is 6. The first-order valence-electron chi connectivity index (χ1n) is 9.03. The highest BCUT2D eigenvalue weighted by atomic mass is 19.3. The van der Waals surface area contributed by atoms with Gasteiger partial charge in [0.05, 0.1) is 12.0 Å². The molecule has 0 saturated heterocycles. The van der Waals surface area contributed by atoms with E-state index in [0.717, 1.165) is 12.6 Å². The van der Waals surface area contributed by atoms with E-state index >= 15 is 0 Å². The van der Waals surface area contributed by atoms with E-state index in [0.29, 0.717) is 11.3 Å². The Bertz CT molecular complexity index is 890. The second-order valence-electron chi connectivity index (χ2n) is 8.00. The molecular formula is C21H26F2N2O3. The molecular weight excluding hydrogens is 366 g/mol. The molecule has 1 amide bonds. The normalized spacial score (nSPS) is 12.1. The molecule has 1 aromatic heterocycles. The number of amides is 1. The predicted octanol–water partition coefficient (Wildman–Crippen LogP) is 4.93. The topological polar surface area (TPSA) is 71.3 Å². The SMILES string of the molecule is Cc1c(C(=O)Nc2cccc(C(C)(F)F)c2)cc(C(C)(C)C)n1CCC(=O)O. The van der Waals surface area contributed by atoms with Crippen molar-refractivity contribution in [2.24, 2.45) is 0 Å². The summed E-state index contributed by atoms with van der Waals surface area (Å²) in [4.78, 5) is 23.8. The Labute approximate surface area is 163 Å². The second kappa shape index (κ2) is 7.73. The van der Waals surface area contributed by atoms with E-state index in [9.17, 15) is 18.4 Å². The van der Waals surface area contributed by atoms with Crippen LogP contribution in [-0.4, -0.2) is 21.6 Å². The van der Waals surface area contributed by atoms with Crippen molar-refractivity contribution in [3.05, 3.63) is 52.8 Å². The van der Waals surface area contributed by atoms with Crippen LogP contribution in [0.4, 0.5) is 14.5 Å². The standard InChI is InChI=1S/C21H26F2N2O3/c1-13-16(12-17(20(2,3)4)25(13)10-9-18(26)27)19(28)24-15-8-6-7-14(11-15)21(5,22)23/h6-8,11-12H,9-10H2,1-5H3,(H,24,28)(H,26,27). The number of carboxylic acids is 1. The average Bonchev–Trinajstić information content (AvgIpc) is 2.89. The van der Waals surface area contributed by atoms with Crippen molar-refractivity contribution in [3.8, 4) is 0 Å². The highest BCUT2D eigenvalue weighted by Gasteiger charge is 2.26. The number of aromatic nitrogens is 1. The van der Waals surface area contributed by atoms with Gasteiger partial charge in [0.2, 0.25) is 0 Å². The van der Waals surface area contributed by atoms with Gasteiger partial charge in [-0.1, -0.05) is 32.9 Å². The number of hydrogen-bond donors (Lipinski definition) is 2. The maximum absolute atomic E-state index is 13.5. The van der Waals surface area contributed by atoms with Crippen LogP contribution in [0.1, 0.15) is 61.4 Å². The molecule has 0 aliphatic heterocycles. The molecule has 0 aliphatic carbocycles. The number of carboxylic acid groups (broad SMARTS) is 1. The number of nitrogens with zero attached hydrogens (tertiary/aromatic N) is 1. The van der Waals surface area contributed by atoms with Crippen LogP contribution < -0.4 is 5.32 Å². The summed E-state index contributed by atoms with van der Waals surface area (Å²) in [5, 5.41) is 11.7. The molecule has 0 atom stereocenters. The minimum atomic E-state index is -3.00. The van der Waals surface area contributed by atoms with Crippen LogP contribution >= 0.6 is 0 Å². The molecule has 2 aromatic rings. The monoisotopic (exact) mass is 392 g/mol. The first kappa shape index (κ1) is 21.6. The lowest BCUT2D eigenvalue weighted by Gasteiger charge is -2.22. The Kier molecular flexibility index (Phi) is 5.97. The third-order valence-electron chi connectivity index (χ3n) is 4.56. The number of alkyl halides is 2. The molecule has 0 fully saturated rings. The summed E-state index contributed by atoms with van der Waals surface area (Å²) in [6.45, 7) is 8.74. The summed E-state index contributed by atoms with van der Waals surface area (Å²) in [7, 11) is 0. The van der Waals surface area contributed by atoms with E-state index in [-0.39, 0.29) is 29.6 Å². The Morgan fingerprint density at radius 2 is 1.79 bits per heavy atom. The molecule has 2 rings (SSSR count). The third-order valence-corrected chi connectivity index (χ3v) is 4.56. The molecule has 2 N–H and O–H groups in total. The van der Waals surface area contributed by atoms with Crippen LogP contribution in [0.2, 0.25) is 0 Å². The zero-order valence-corrected chi connectivity index (χ0v) is 16.8. The lowest BCUT2D eigenvalue weighted by molar-refractivity contribution is -0.137. The first-order chi connectivity index (χ1) is 12.8. The summed E-state index contributed by atoms with van der Waals surface area (Å²) >= 11 is 0. The van der Waals surface area contributed by atoms with Crippen molar-refractivity contribution in [3.63, 3.8) is 0 Å². The minimum Gasteiger partial charge on any atom is -0.481 e. The van der Waals surface area contributed by atoms with Crippen molar-refractivity contribution < 1.29 is 23.5 Å². The zero-order chi connectivity index (χ0) is 21.3. The maximum atomic E-state index is 13.5. The number of anilines is 1. The number of carbonyl (C=O) groups excluding carboxylic acids is 1. The summed E-state index contributed by atoms with van der Waals surface area (Å²) < 4.78 is 28.9. The molecule has 152 valence electrons. The van der Waals surface area contributed by atoms with Gasteiger partial charge in [-0.15, -0.1) is 0 Å². The van der Waals surface area contributed by atoms with Gasteiger partial charge in [-0.05, 0) is 25.1 Å². The van der Waals surface area contributed by atoms with Crippen molar-refractivity contribution >= 4 is 17.6 Å². The highest BCUT2D eigenvalue weighted by Crippen LogP contribution is 2.30. The molecule has 0 spiro atoms. The van der Waals surface area contributed by atoms with Crippen molar-refractivity contribution in [2.75, 3.05) is 5.32 Å². The van der Waals surface area contributed by atoms with Gasteiger partial charge in [0.1, 0.15) is 0 Å². The van der Waals surface area contributed by atoms with Gasteiger partial charge in [-0.2, -0.15) is 0 Å². The van der Waals surface area contributed by atoms with Crippen molar-refractivity contribution in [1.29, 1.82) is 0 Å². The van der Waals surface area contributed by atoms with Gasteiger partial charge >= 0.3 is 5.97 Å². The zero-order valence-electron chi connectivity index (χ0n) is 16.8. The van der Waals surface area contributed by atoms with Gasteiger partial charge in [-0.25, -0.2) is 8.78 Å². The van der Waals surface area contributed by atoms with Gasteiger partial charge in [0, 0.05) is 41.5 Å². The molecule has 0 radical (unpaired) electrons. The molecule has 28 heavy (non-hydrogen) atoms. The lowest BCUT2D eigenvalue weighted by Crippen LogP contribution is -2.19. The maximum Gasteiger partial charge on any atom is 0.305 e. The number of nitrogens with one attached hydrogen (secondary N) is 1. The minimum absolute atomic E-state index is 0.0622. The highest BCUT2D eigenvalue weighted by molar-refractivity contribution is 6.05. The van der Waals surface area contributed by atoms with Crippen LogP contribution in [0.3, 0.4) is 0 Å². The van der Waals surface area contributed by atoms with E-state index in [2.05, 4.69) is 5.32 Å².